The number of carbonyl (C=O) groups is 1. The van der Waals surface area contributed by atoms with E-state index in [0.29, 0.717) is 22.5 Å². The molecule has 1 N–H and O–H groups in total. The predicted octanol–water partition coefficient (Wildman–Crippen LogP) is 3.96. The first-order chi connectivity index (χ1) is 12.7. The summed E-state index contributed by atoms with van der Waals surface area (Å²) in [6.45, 7) is 2.20. The lowest BCUT2D eigenvalue weighted by atomic mass is 10.2. The number of nitrogens with zero attached hydrogens (tertiary/aromatic N) is 2. The van der Waals surface area contributed by atoms with Crippen LogP contribution in [0.15, 0.2) is 63.6 Å². The second-order valence-corrected chi connectivity index (χ2v) is 5.71. The van der Waals surface area contributed by atoms with E-state index < -0.39 is 0 Å². The molecule has 26 heavy (non-hydrogen) atoms. The number of anilines is 1. The van der Waals surface area contributed by atoms with Crippen molar-refractivity contribution in [3.63, 3.8) is 0 Å². The molecule has 7 nitrogen and oxygen atoms in total. The molecule has 4 rings (SSSR count). The van der Waals surface area contributed by atoms with Gasteiger partial charge in [-0.25, -0.2) is 4.63 Å². The molecule has 7 heteroatoms. The number of furan rings is 1. The summed E-state index contributed by atoms with van der Waals surface area (Å²) in [5, 5.41) is 10.3. The summed E-state index contributed by atoms with van der Waals surface area (Å²) in [6, 6.07) is 16.2. The van der Waals surface area contributed by atoms with Crippen LogP contribution < -0.4 is 10.1 Å². The number of nitrogens with one attached hydrogen (secondary N) is 1. The Morgan fingerprint density at radius 1 is 1.08 bits per heavy atom. The van der Waals surface area contributed by atoms with Crippen molar-refractivity contribution >= 4 is 22.6 Å². The van der Waals surface area contributed by atoms with Crippen molar-refractivity contribution in [2.45, 2.75) is 13.5 Å². The normalized spacial score (nSPS) is 10.8. The maximum Gasteiger partial charge on any atom is 0.291 e. The van der Waals surface area contributed by atoms with Crippen LogP contribution in [-0.4, -0.2) is 16.2 Å². The van der Waals surface area contributed by atoms with Crippen molar-refractivity contribution < 1.29 is 18.6 Å². The Bertz CT molecular complexity index is 1070. The molecule has 0 spiro atoms. The molecule has 0 radical (unpaired) electrons. The van der Waals surface area contributed by atoms with Crippen LogP contribution in [0.5, 0.6) is 5.75 Å². The Balaban J connectivity index is 1.45. The zero-order chi connectivity index (χ0) is 17.9. The molecule has 2 aromatic carbocycles. The summed E-state index contributed by atoms with van der Waals surface area (Å²) in [4.78, 5) is 12.4. The van der Waals surface area contributed by atoms with Gasteiger partial charge >= 0.3 is 0 Å². The minimum atomic E-state index is -0.386. The van der Waals surface area contributed by atoms with E-state index in [2.05, 4.69) is 20.3 Å². The third-order valence-corrected chi connectivity index (χ3v) is 3.88. The first kappa shape index (κ1) is 15.9. The third kappa shape index (κ3) is 3.14. The number of aromatic nitrogens is 2. The van der Waals surface area contributed by atoms with E-state index in [-0.39, 0.29) is 18.3 Å². The maximum absolute atomic E-state index is 12.4. The molecule has 0 atom stereocenters. The van der Waals surface area contributed by atoms with Crippen molar-refractivity contribution in [2.75, 3.05) is 5.32 Å². The van der Waals surface area contributed by atoms with Gasteiger partial charge in [-0.15, -0.1) is 0 Å². The van der Waals surface area contributed by atoms with Crippen molar-refractivity contribution in [3.8, 4) is 5.75 Å². The summed E-state index contributed by atoms with van der Waals surface area (Å²) in [7, 11) is 0. The van der Waals surface area contributed by atoms with E-state index >= 15 is 0 Å². The van der Waals surface area contributed by atoms with Crippen molar-refractivity contribution in [3.05, 3.63) is 71.7 Å². The third-order valence-electron chi connectivity index (χ3n) is 3.88. The Hall–Kier alpha value is -3.61. The number of fused-ring (bicyclic) bond motifs is 1. The highest BCUT2D eigenvalue weighted by molar-refractivity contribution is 6.06. The monoisotopic (exact) mass is 349 g/mol. The number of hydrogen-bond acceptors (Lipinski definition) is 6. The van der Waals surface area contributed by atoms with Gasteiger partial charge in [-0.3, -0.25) is 4.79 Å². The minimum Gasteiger partial charge on any atom is -0.485 e. The van der Waals surface area contributed by atoms with Crippen LogP contribution in [0.2, 0.25) is 0 Å². The van der Waals surface area contributed by atoms with E-state index in [0.717, 1.165) is 11.3 Å². The molecule has 2 heterocycles. The maximum atomic E-state index is 12.4. The van der Waals surface area contributed by atoms with Gasteiger partial charge < -0.3 is 14.5 Å². The molecule has 0 bridgehead atoms. The number of rotatable bonds is 5. The lowest BCUT2D eigenvalue weighted by Gasteiger charge is -2.07. The number of ether oxygens (including phenoxy) is 1. The Kier molecular flexibility index (Phi) is 4.10. The SMILES string of the molecule is Cc1ccccc1OCc1ccc(C(=O)Nc2cccc3nonc23)o1. The highest BCUT2D eigenvalue weighted by atomic mass is 16.6. The molecule has 0 aliphatic rings. The quantitative estimate of drug-likeness (QED) is 0.586. The molecule has 0 aliphatic heterocycles. The van der Waals surface area contributed by atoms with Gasteiger partial charge in [0.25, 0.3) is 5.91 Å². The summed E-state index contributed by atoms with van der Waals surface area (Å²) in [5.41, 5.74) is 2.58. The molecule has 2 aromatic heterocycles. The molecule has 4 aromatic rings. The van der Waals surface area contributed by atoms with Gasteiger partial charge in [0.2, 0.25) is 0 Å². The van der Waals surface area contributed by atoms with Gasteiger partial charge in [0.15, 0.2) is 11.3 Å². The zero-order valence-electron chi connectivity index (χ0n) is 13.9. The highest BCUT2D eigenvalue weighted by Crippen LogP contribution is 2.22. The Labute approximate surface area is 148 Å². The lowest BCUT2D eigenvalue weighted by molar-refractivity contribution is 0.0992. The zero-order valence-corrected chi connectivity index (χ0v) is 13.9. The Morgan fingerprint density at radius 2 is 1.96 bits per heavy atom. The predicted molar refractivity (Wildman–Crippen MR) is 94.0 cm³/mol. The van der Waals surface area contributed by atoms with E-state index in [1.807, 2.05) is 31.2 Å². The number of aryl methyl sites for hydroxylation is 1. The fourth-order valence-electron chi connectivity index (χ4n) is 2.54. The lowest BCUT2D eigenvalue weighted by Crippen LogP contribution is -2.11. The molecule has 0 aliphatic carbocycles. The number of hydrogen-bond donors (Lipinski definition) is 1. The van der Waals surface area contributed by atoms with Crippen LogP contribution in [0.25, 0.3) is 11.0 Å². The van der Waals surface area contributed by atoms with E-state index in [1.54, 1.807) is 30.3 Å². The average molecular weight is 349 g/mol. The Morgan fingerprint density at radius 3 is 2.85 bits per heavy atom. The number of carbonyl (C=O) groups excluding carboxylic acids is 1. The van der Waals surface area contributed by atoms with Crippen molar-refractivity contribution in [2.24, 2.45) is 0 Å². The van der Waals surface area contributed by atoms with Crippen LogP contribution in [0, 0.1) is 6.92 Å². The highest BCUT2D eigenvalue weighted by Gasteiger charge is 2.15. The van der Waals surface area contributed by atoms with Gasteiger partial charge in [-0.05, 0) is 53.1 Å². The topological polar surface area (TPSA) is 90.4 Å². The molecule has 0 saturated heterocycles. The van der Waals surface area contributed by atoms with E-state index in [4.69, 9.17) is 9.15 Å². The van der Waals surface area contributed by atoms with Crippen LogP contribution in [0.4, 0.5) is 5.69 Å². The fourth-order valence-corrected chi connectivity index (χ4v) is 2.54. The van der Waals surface area contributed by atoms with E-state index in [9.17, 15) is 4.79 Å². The summed E-state index contributed by atoms with van der Waals surface area (Å²) < 4.78 is 16.0. The van der Waals surface area contributed by atoms with Crippen LogP contribution >= 0.6 is 0 Å². The second-order valence-electron chi connectivity index (χ2n) is 5.71. The van der Waals surface area contributed by atoms with Crippen LogP contribution in [0.1, 0.15) is 21.9 Å². The summed E-state index contributed by atoms with van der Waals surface area (Å²) in [5.74, 6) is 1.13. The van der Waals surface area contributed by atoms with Gasteiger partial charge in [-0.1, -0.05) is 24.3 Å². The van der Waals surface area contributed by atoms with Gasteiger partial charge in [0.1, 0.15) is 23.6 Å². The largest absolute Gasteiger partial charge is 0.485 e. The first-order valence-electron chi connectivity index (χ1n) is 8.00. The molecular formula is C19H15N3O4. The molecule has 0 unspecified atom stereocenters. The van der Waals surface area contributed by atoms with E-state index in [1.165, 1.54) is 0 Å². The minimum absolute atomic E-state index is 0.182. The van der Waals surface area contributed by atoms with Gasteiger partial charge in [0, 0.05) is 0 Å². The number of amides is 1. The molecular weight excluding hydrogens is 334 g/mol. The van der Waals surface area contributed by atoms with Gasteiger partial charge in [0.05, 0.1) is 5.69 Å². The molecule has 0 fully saturated rings. The smallest absolute Gasteiger partial charge is 0.291 e. The average Bonchev–Trinajstić information content (AvgIpc) is 3.31. The molecule has 0 saturated carbocycles. The van der Waals surface area contributed by atoms with Crippen LogP contribution in [0.3, 0.4) is 0 Å². The van der Waals surface area contributed by atoms with Crippen molar-refractivity contribution in [1.82, 2.24) is 10.3 Å². The second kappa shape index (κ2) is 6.72. The first-order valence-corrected chi connectivity index (χ1v) is 8.00. The van der Waals surface area contributed by atoms with Gasteiger partial charge in [-0.2, -0.15) is 0 Å². The summed E-state index contributed by atoms with van der Waals surface area (Å²) >= 11 is 0. The molecule has 130 valence electrons. The standard InChI is InChI=1S/C19H15N3O4/c1-12-5-2-3-8-16(12)24-11-13-9-10-17(25-13)19(23)20-14-6-4-7-15-18(14)22-26-21-15/h2-10H,11H2,1H3,(H,20,23). The number of para-hydroxylation sites is 1. The molecule has 1 amide bonds. The number of benzene rings is 2. The fraction of sp³-hybridized carbons (Fsp3) is 0.105. The summed E-state index contributed by atoms with van der Waals surface area (Å²) in [6.07, 6.45) is 0. The van der Waals surface area contributed by atoms with Crippen LogP contribution in [-0.2, 0) is 6.61 Å². The van der Waals surface area contributed by atoms with Crippen molar-refractivity contribution in [1.29, 1.82) is 0 Å².